The van der Waals surface area contributed by atoms with E-state index in [4.69, 9.17) is 9.47 Å². The Morgan fingerprint density at radius 3 is 1.91 bits per heavy atom. The normalized spacial score (nSPS) is 13.8. The molecular weight excluding hydrogens is 444 g/mol. The third-order valence-corrected chi connectivity index (χ3v) is 6.31. The van der Waals surface area contributed by atoms with Gasteiger partial charge >= 0.3 is 0 Å². The van der Waals surface area contributed by atoms with Crippen LogP contribution in [0.4, 0.5) is 0 Å². The van der Waals surface area contributed by atoms with Gasteiger partial charge in [0.1, 0.15) is 11.5 Å². The highest BCUT2D eigenvalue weighted by Crippen LogP contribution is 2.26. The van der Waals surface area contributed by atoms with Crippen LogP contribution in [0.5, 0.6) is 11.5 Å². The number of rotatable bonds is 6. The fourth-order valence-corrected chi connectivity index (χ4v) is 4.37. The van der Waals surface area contributed by atoms with Crippen molar-refractivity contribution in [2.75, 3.05) is 40.4 Å². The maximum atomic E-state index is 13.5. The molecule has 35 heavy (non-hydrogen) atoms. The Morgan fingerprint density at radius 1 is 0.857 bits per heavy atom. The number of nitrogens with zero attached hydrogens (tertiary/aromatic N) is 4. The van der Waals surface area contributed by atoms with Gasteiger partial charge in [0, 0.05) is 37.8 Å². The van der Waals surface area contributed by atoms with E-state index in [0.717, 1.165) is 11.4 Å². The number of benzene rings is 2. The van der Waals surface area contributed by atoms with Gasteiger partial charge in [-0.3, -0.25) is 9.59 Å². The number of aryl methyl sites for hydroxylation is 1. The van der Waals surface area contributed by atoms with E-state index in [2.05, 4.69) is 18.9 Å². The number of hydrogen-bond acceptors (Lipinski definition) is 5. The minimum atomic E-state index is -0.107. The maximum Gasteiger partial charge on any atom is 0.257 e. The molecule has 1 aromatic heterocycles. The molecule has 0 saturated carbocycles. The highest BCUT2D eigenvalue weighted by atomic mass is 16.5. The van der Waals surface area contributed by atoms with Crippen molar-refractivity contribution in [1.29, 1.82) is 0 Å². The summed E-state index contributed by atoms with van der Waals surface area (Å²) in [6.45, 7) is 7.99. The molecule has 1 aliphatic rings. The van der Waals surface area contributed by atoms with Crippen LogP contribution < -0.4 is 9.47 Å². The molecular formula is C27H32N4O4. The van der Waals surface area contributed by atoms with Crippen molar-refractivity contribution >= 4 is 11.8 Å². The maximum absolute atomic E-state index is 13.5. The Bertz CT molecular complexity index is 1190. The number of amides is 2. The van der Waals surface area contributed by atoms with Crippen molar-refractivity contribution in [2.24, 2.45) is 0 Å². The Morgan fingerprint density at radius 2 is 1.40 bits per heavy atom. The summed E-state index contributed by atoms with van der Waals surface area (Å²) in [5.41, 5.74) is 4.10. The summed E-state index contributed by atoms with van der Waals surface area (Å²) in [5, 5.41) is 4.55. The van der Waals surface area contributed by atoms with Crippen molar-refractivity contribution < 1.29 is 19.1 Å². The molecule has 0 atom stereocenters. The van der Waals surface area contributed by atoms with Crippen molar-refractivity contribution in [3.05, 3.63) is 71.0 Å². The lowest BCUT2D eigenvalue weighted by Gasteiger charge is -2.35. The van der Waals surface area contributed by atoms with Crippen LogP contribution in [0, 0.1) is 6.92 Å². The number of carbonyl (C=O) groups excluding carboxylic acids is 2. The first kappa shape index (κ1) is 24.3. The Hall–Kier alpha value is -3.81. The van der Waals surface area contributed by atoms with Crippen LogP contribution >= 0.6 is 0 Å². The fraction of sp³-hybridized carbons (Fsp3) is 0.370. The lowest BCUT2D eigenvalue weighted by Crippen LogP contribution is -2.50. The van der Waals surface area contributed by atoms with Gasteiger partial charge in [-0.05, 0) is 37.1 Å². The second kappa shape index (κ2) is 10.2. The highest BCUT2D eigenvalue weighted by molar-refractivity contribution is 5.97. The van der Waals surface area contributed by atoms with E-state index in [-0.39, 0.29) is 17.7 Å². The summed E-state index contributed by atoms with van der Waals surface area (Å²) in [6, 6.07) is 13.2. The van der Waals surface area contributed by atoms with E-state index in [1.807, 2.05) is 35.9 Å². The number of hydrogen-bond donors (Lipinski definition) is 0. The lowest BCUT2D eigenvalue weighted by molar-refractivity contribution is 0.0534. The van der Waals surface area contributed by atoms with Gasteiger partial charge < -0.3 is 19.3 Å². The summed E-state index contributed by atoms with van der Waals surface area (Å²) in [7, 11) is 3.11. The third kappa shape index (κ3) is 5.01. The number of aromatic nitrogens is 2. The second-order valence-electron chi connectivity index (χ2n) is 9.03. The highest BCUT2D eigenvalue weighted by Gasteiger charge is 2.29. The lowest BCUT2D eigenvalue weighted by atomic mass is 10.0. The molecule has 3 aromatic rings. The van der Waals surface area contributed by atoms with Crippen LogP contribution in [0.2, 0.25) is 0 Å². The monoisotopic (exact) mass is 476 g/mol. The molecule has 1 saturated heterocycles. The largest absolute Gasteiger partial charge is 0.497 e. The van der Waals surface area contributed by atoms with Gasteiger partial charge in [0.25, 0.3) is 11.8 Å². The van der Waals surface area contributed by atoms with Crippen LogP contribution in [0.15, 0.2) is 48.7 Å². The average molecular weight is 477 g/mol. The molecule has 2 aromatic carbocycles. The molecule has 2 amide bonds. The number of carbonyl (C=O) groups is 2. The van der Waals surface area contributed by atoms with E-state index in [9.17, 15) is 9.59 Å². The molecule has 8 heteroatoms. The molecule has 0 unspecified atom stereocenters. The zero-order chi connectivity index (χ0) is 25.1. The van der Waals surface area contributed by atoms with Crippen molar-refractivity contribution in [1.82, 2.24) is 19.6 Å². The zero-order valence-electron chi connectivity index (χ0n) is 20.9. The van der Waals surface area contributed by atoms with Crippen molar-refractivity contribution in [3.8, 4) is 17.2 Å². The van der Waals surface area contributed by atoms with Crippen LogP contribution in [0.3, 0.4) is 0 Å². The first-order chi connectivity index (χ1) is 16.8. The molecule has 8 nitrogen and oxygen atoms in total. The molecule has 2 heterocycles. The summed E-state index contributed by atoms with van der Waals surface area (Å²) < 4.78 is 12.4. The minimum Gasteiger partial charge on any atom is -0.497 e. The molecule has 0 N–H and O–H groups in total. The van der Waals surface area contributed by atoms with Gasteiger partial charge in [0.2, 0.25) is 0 Å². The van der Waals surface area contributed by atoms with Crippen LogP contribution in [0.25, 0.3) is 5.69 Å². The Balaban J connectivity index is 1.49. The number of methoxy groups -OCH3 is 2. The summed E-state index contributed by atoms with van der Waals surface area (Å²) >= 11 is 0. The SMILES string of the molecule is COc1cc(OC)cc(C(=O)N2CCN(C(=O)c3cnn(-c4ccc(C)cc4)c3C(C)C)CC2)c1. The van der Waals surface area contributed by atoms with E-state index in [1.165, 1.54) is 5.56 Å². The van der Waals surface area contributed by atoms with Gasteiger partial charge in [-0.2, -0.15) is 5.10 Å². The van der Waals surface area contributed by atoms with Gasteiger partial charge in [-0.15, -0.1) is 0 Å². The predicted octanol–water partition coefficient (Wildman–Crippen LogP) is 3.92. The van der Waals surface area contributed by atoms with Gasteiger partial charge in [0.05, 0.1) is 37.4 Å². The van der Waals surface area contributed by atoms with Crippen molar-refractivity contribution in [2.45, 2.75) is 26.7 Å². The quantitative estimate of drug-likeness (QED) is 0.539. The molecule has 0 bridgehead atoms. The average Bonchev–Trinajstić information content (AvgIpc) is 3.33. The number of piperazine rings is 1. The van der Waals surface area contributed by atoms with Crippen molar-refractivity contribution in [3.63, 3.8) is 0 Å². The van der Waals surface area contributed by atoms with Crippen LogP contribution in [-0.2, 0) is 0 Å². The minimum absolute atomic E-state index is 0.0535. The predicted molar refractivity (Wildman–Crippen MR) is 134 cm³/mol. The van der Waals surface area contributed by atoms with Crippen LogP contribution in [-0.4, -0.2) is 71.8 Å². The van der Waals surface area contributed by atoms with E-state index < -0.39 is 0 Å². The third-order valence-electron chi connectivity index (χ3n) is 6.31. The fourth-order valence-electron chi connectivity index (χ4n) is 4.37. The Kier molecular flexibility index (Phi) is 7.10. The first-order valence-electron chi connectivity index (χ1n) is 11.8. The molecule has 0 spiro atoms. The van der Waals surface area contributed by atoms with Gasteiger partial charge in [-0.25, -0.2) is 4.68 Å². The molecule has 1 aliphatic heterocycles. The standard InChI is InChI=1S/C27H32N4O4/c1-18(2)25-24(17-28-31(25)21-8-6-19(3)7-9-21)27(33)30-12-10-29(11-13-30)26(32)20-14-22(34-4)16-23(15-20)35-5/h6-9,14-18H,10-13H2,1-5H3. The summed E-state index contributed by atoms with van der Waals surface area (Å²) in [6.07, 6.45) is 1.66. The van der Waals surface area contributed by atoms with Gasteiger partial charge in [-0.1, -0.05) is 31.5 Å². The zero-order valence-corrected chi connectivity index (χ0v) is 20.9. The smallest absolute Gasteiger partial charge is 0.257 e. The molecule has 4 rings (SSSR count). The van der Waals surface area contributed by atoms with E-state index >= 15 is 0 Å². The van der Waals surface area contributed by atoms with Crippen LogP contribution in [0.1, 0.15) is 51.7 Å². The van der Waals surface area contributed by atoms with E-state index in [0.29, 0.717) is 48.8 Å². The Labute approximate surface area is 206 Å². The molecule has 184 valence electrons. The van der Waals surface area contributed by atoms with Gasteiger partial charge in [0.15, 0.2) is 0 Å². The second-order valence-corrected chi connectivity index (χ2v) is 9.03. The number of ether oxygens (including phenoxy) is 2. The summed E-state index contributed by atoms with van der Waals surface area (Å²) in [5.74, 6) is 1.08. The molecule has 0 aliphatic carbocycles. The first-order valence-corrected chi connectivity index (χ1v) is 11.8. The van der Waals surface area contributed by atoms with E-state index in [1.54, 1.807) is 48.4 Å². The summed E-state index contributed by atoms with van der Waals surface area (Å²) in [4.78, 5) is 30.1. The molecule has 0 radical (unpaired) electrons. The molecule has 1 fully saturated rings. The topological polar surface area (TPSA) is 76.9 Å².